The highest BCUT2D eigenvalue weighted by Gasteiger charge is 2.09. The van der Waals surface area contributed by atoms with E-state index < -0.39 is 0 Å². The van der Waals surface area contributed by atoms with Crippen molar-refractivity contribution in [3.8, 4) is 5.75 Å². The lowest BCUT2D eigenvalue weighted by Gasteiger charge is -2.04. The number of ether oxygens (including phenoxy) is 1. The van der Waals surface area contributed by atoms with Gasteiger partial charge in [0.2, 0.25) is 11.8 Å². The molecule has 0 amide bonds. The van der Waals surface area contributed by atoms with Crippen LogP contribution in [0.25, 0.3) is 10.9 Å². The summed E-state index contributed by atoms with van der Waals surface area (Å²) in [5.41, 5.74) is 1.09. The second-order valence-corrected chi connectivity index (χ2v) is 4.28. The number of methoxy groups -OCH3 is 1. The Balaban J connectivity index is 1.97. The molecule has 98 valence electrons. The van der Waals surface area contributed by atoms with Gasteiger partial charge in [-0.25, -0.2) is 0 Å². The highest BCUT2D eigenvalue weighted by molar-refractivity contribution is 5.86. The number of aryl methyl sites for hydroxylation is 1. The average molecular weight is 257 g/mol. The molecular formula is C14H15N3O2. The van der Waals surface area contributed by atoms with E-state index in [9.17, 15) is 0 Å². The molecule has 1 aromatic carbocycles. The monoisotopic (exact) mass is 257 g/mol. The highest BCUT2D eigenvalue weighted by Crippen LogP contribution is 2.26. The molecule has 0 aliphatic rings. The Kier molecular flexibility index (Phi) is 2.95. The van der Waals surface area contributed by atoms with Crippen molar-refractivity contribution in [1.29, 1.82) is 0 Å². The summed E-state index contributed by atoms with van der Waals surface area (Å²) in [6.45, 7) is 2.57. The lowest BCUT2D eigenvalue weighted by molar-refractivity contribution is 0.419. The van der Waals surface area contributed by atoms with E-state index in [0.717, 1.165) is 23.1 Å². The lowest BCUT2D eigenvalue weighted by atomic mass is 10.2. The van der Waals surface area contributed by atoms with Crippen molar-refractivity contribution in [2.75, 3.05) is 7.11 Å². The first-order valence-corrected chi connectivity index (χ1v) is 6.25. The molecule has 2 aromatic heterocycles. The Morgan fingerprint density at radius 3 is 2.79 bits per heavy atom. The van der Waals surface area contributed by atoms with Crippen molar-refractivity contribution < 1.29 is 9.15 Å². The van der Waals surface area contributed by atoms with Crippen molar-refractivity contribution in [2.24, 2.45) is 0 Å². The van der Waals surface area contributed by atoms with Gasteiger partial charge in [-0.2, -0.15) is 0 Å². The van der Waals surface area contributed by atoms with Gasteiger partial charge in [0.15, 0.2) is 0 Å². The van der Waals surface area contributed by atoms with Crippen LogP contribution in [0.15, 0.2) is 34.9 Å². The molecular weight excluding hydrogens is 242 g/mol. The van der Waals surface area contributed by atoms with E-state index in [0.29, 0.717) is 18.3 Å². The molecule has 0 unspecified atom stereocenters. The number of aromatic nitrogens is 3. The molecule has 0 radical (unpaired) electrons. The van der Waals surface area contributed by atoms with Gasteiger partial charge in [0.05, 0.1) is 12.6 Å². The summed E-state index contributed by atoms with van der Waals surface area (Å²) >= 11 is 0. The first-order valence-electron chi connectivity index (χ1n) is 6.25. The molecule has 5 heteroatoms. The van der Waals surface area contributed by atoms with E-state index in [2.05, 4.69) is 20.8 Å². The quantitative estimate of drug-likeness (QED) is 0.721. The van der Waals surface area contributed by atoms with E-state index in [-0.39, 0.29) is 0 Å². The fourth-order valence-corrected chi connectivity index (χ4v) is 2.15. The second kappa shape index (κ2) is 4.76. The molecule has 0 atom stereocenters. The molecule has 2 heterocycles. The SMILES string of the molecule is CCc1nnc(Cn2ccc3c(OC)cccc32)o1. The van der Waals surface area contributed by atoms with Crippen LogP contribution >= 0.6 is 0 Å². The summed E-state index contributed by atoms with van der Waals surface area (Å²) in [6.07, 6.45) is 2.76. The number of benzene rings is 1. The van der Waals surface area contributed by atoms with Crippen LogP contribution in [0.2, 0.25) is 0 Å². The Bertz CT molecular complexity index is 700. The Labute approximate surface area is 110 Å². The van der Waals surface area contributed by atoms with Gasteiger partial charge in [-0.05, 0) is 18.2 Å². The van der Waals surface area contributed by atoms with Crippen LogP contribution in [0.1, 0.15) is 18.7 Å². The van der Waals surface area contributed by atoms with Crippen LogP contribution < -0.4 is 4.74 Å². The predicted molar refractivity (Wildman–Crippen MR) is 71.3 cm³/mol. The minimum absolute atomic E-state index is 0.573. The summed E-state index contributed by atoms with van der Waals surface area (Å²) in [6, 6.07) is 8.01. The summed E-state index contributed by atoms with van der Waals surface area (Å²) in [5.74, 6) is 2.16. The van der Waals surface area contributed by atoms with Gasteiger partial charge in [-0.15, -0.1) is 10.2 Å². The van der Waals surface area contributed by atoms with E-state index in [1.807, 2.05) is 31.3 Å². The zero-order valence-electron chi connectivity index (χ0n) is 11.0. The molecule has 0 aliphatic carbocycles. The third-order valence-corrected chi connectivity index (χ3v) is 3.11. The normalized spacial score (nSPS) is 11.1. The summed E-state index contributed by atoms with van der Waals surface area (Å²) < 4.78 is 13.0. The smallest absolute Gasteiger partial charge is 0.236 e. The molecule has 3 rings (SSSR count). The van der Waals surface area contributed by atoms with Crippen molar-refractivity contribution in [3.05, 3.63) is 42.2 Å². The second-order valence-electron chi connectivity index (χ2n) is 4.28. The summed E-state index contributed by atoms with van der Waals surface area (Å²) in [4.78, 5) is 0. The fourth-order valence-electron chi connectivity index (χ4n) is 2.15. The molecule has 0 bridgehead atoms. The molecule has 0 spiro atoms. The molecule has 0 fully saturated rings. The Morgan fingerprint density at radius 1 is 1.21 bits per heavy atom. The minimum Gasteiger partial charge on any atom is -0.496 e. The van der Waals surface area contributed by atoms with Crippen LogP contribution in [0.3, 0.4) is 0 Å². The number of hydrogen-bond donors (Lipinski definition) is 0. The fraction of sp³-hybridized carbons (Fsp3) is 0.286. The third kappa shape index (κ3) is 2.07. The molecule has 0 saturated heterocycles. The number of fused-ring (bicyclic) bond motifs is 1. The topological polar surface area (TPSA) is 53.1 Å². The summed E-state index contributed by atoms with van der Waals surface area (Å²) in [5, 5.41) is 9.10. The van der Waals surface area contributed by atoms with Gasteiger partial charge < -0.3 is 13.7 Å². The maximum Gasteiger partial charge on any atom is 0.236 e. The van der Waals surface area contributed by atoms with E-state index in [4.69, 9.17) is 9.15 Å². The first kappa shape index (κ1) is 11.8. The lowest BCUT2D eigenvalue weighted by Crippen LogP contribution is -1.98. The van der Waals surface area contributed by atoms with Gasteiger partial charge >= 0.3 is 0 Å². The molecule has 0 aliphatic heterocycles. The van der Waals surface area contributed by atoms with Crippen LogP contribution in [-0.4, -0.2) is 21.9 Å². The number of rotatable bonds is 4. The van der Waals surface area contributed by atoms with Gasteiger partial charge in [-0.1, -0.05) is 13.0 Å². The van der Waals surface area contributed by atoms with Gasteiger partial charge in [0.25, 0.3) is 0 Å². The Hall–Kier alpha value is -2.30. The largest absolute Gasteiger partial charge is 0.496 e. The van der Waals surface area contributed by atoms with Gasteiger partial charge in [0, 0.05) is 18.0 Å². The highest BCUT2D eigenvalue weighted by atomic mass is 16.5. The van der Waals surface area contributed by atoms with Gasteiger partial charge in [0.1, 0.15) is 12.3 Å². The molecule has 19 heavy (non-hydrogen) atoms. The van der Waals surface area contributed by atoms with Crippen LogP contribution in [0.4, 0.5) is 0 Å². The van der Waals surface area contributed by atoms with E-state index >= 15 is 0 Å². The Morgan fingerprint density at radius 2 is 2.05 bits per heavy atom. The molecule has 3 aromatic rings. The van der Waals surface area contributed by atoms with Gasteiger partial charge in [-0.3, -0.25) is 0 Å². The van der Waals surface area contributed by atoms with Crippen molar-refractivity contribution in [2.45, 2.75) is 19.9 Å². The van der Waals surface area contributed by atoms with Crippen LogP contribution in [0, 0.1) is 0 Å². The van der Waals surface area contributed by atoms with Crippen LogP contribution in [0.5, 0.6) is 5.75 Å². The number of hydrogen-bond acceptors (Lipinski definition) is 4. The number of nitrogens with zero attached hydrogens (tertiary/aromatic N) is 3. The molecule has 0 saturated carbocycles. The maximum absolute atomic E-state index is 5.54. The van der Waals surface area contributed by atoms with Crippen molar-refractivity contribution in [1.82, 2.24) is 14.8 Å². The predicted octanol–water partition coefficient (Wildman–Crippen LogP) is 2.64. The third-order valence-electron chi connectivity index (χ3n) is 3.11. The van der Waals surface area contributed by atoms with Crippen LogP contribution in [-0.2, 0) is 13.0 Å². The maximum atomic E-state index is 5.54. The van der Waals surface area contributed by atoms with E-state index in [1.165, 1.54) is 0 Å². The van der Waals surface area contributed by atoms with Crippen molar-refractivity contribution in [3.63, 3.8) is 0 Å². The summed E-state index contributed by atoms with van der Waals surface area (Å²) in [7, 11) is 1.68. The molecule has 5 nitrogen and oxygen atoms in total. The standard InChI is InChI=1S/C14H15N3O2/c1-3-13-15-16-14(19-13)9-17-8-7-10-11(17)5-4-6-12(10)18-2/h4-8H,3,9H2,1-2H3. The molecule has 0 N–H and O–H groups in total. The average Bonchev–Trinajstić information content (AvgIpc) is 3.06. The zero-order chi connectivity index (χ0) is 13.2. The first-order chi connectivity index (χ1) is 9.31. The zero-order valence-corrected chi connectivity index (χ0v) is 11.0. The minimum atomic E-state index is 0.573. The van der Waals surface area contributed by atoms with Crippen molar-refractivity contribution >= 4 is 10.9 Å². The van der Waals surface area contributed by atoms with E-state index in [1.54, 1.807) is 7.11 Å².